The number of ether oxygens (including phenoxy) is 1. The molecule has 3 aliphatic rings. The van der Waals surface area contributed by atoms with Crippen molar-refractivity contribution >= 4 is 23.2 Å². The first-order chi connectivity index (χ1) is 21.3. The Morgan fingerprint density at radius 1 is 1.18 bits per heavy atom. The number of carbonyl (C=O) groups excluding carboxylic acids is 2. The molecule has 0 bridgehead atoms. The van der Waals surface area contributed by atoms with Crippen LogP contribution in [0, 0.1) is 24.6 Å². The Labute approximate surface area is 271 Å². The molecule has 228 valence electrons. The van der Waals surface area contributed by atoms with E-state index in [-0.39, 0.29) is 66.5 Å². The second kappa shape index (κ2) is 13.8. The fourth-order valence-electron chi connectivity index (χ4n) is 5.59. The van der Waals surface area contributed by atoms with E-state index in [2.05, 4.69) is 31.6 Å². The number of nitrogens with one attached hydrogen (secondary N) is 3. The molecule has 4 atom stereocenters. The number of aryl methyl sites for hydroxylation is 1. The van der Waals surface area contributed by atoms with Crippen LogP contribution in [0.3, 0.4) is 0 Å². The van der Waals surface area contributed by atoms with Crippen molar-refractivity contribution in [3.05, 3.63) is 106 Å². The molecular formula is C31H31FLiN7O5. The number of aliphatic hydroxyl groups is 1. The van der Waals surface area contributed by atoms with Gasteiger partial charge in [-0.1, -0.05) is 48.1 Å². The quantitative estimate of drug-likeness (QED) is 0.204. The molecule has 45 heavy (non-hydrogen) atoms. The molecule has 1 unspecified atom stereocenters. The number of methoxy groups -OCH3 is 1. The Bertz CT molecular complexity index is 1650. The van der Waals surface area contributed by atoms with Crippen LogP contribution in [0.15, 0.2) is 72.3 Å². The Balaban J connectivity index is 0.00000400. The van der Waals surface area contributed by atoms with Crippen LogP contribution < -0.4 is 45.1 Å². The average Bonchev–Trinajstić information content (AvgIpc) is 3.64. The first kappa shape index (κ1) is 32.2. The van der Waals surface area contributed by atoms with Crippen molar-refractivity contribution in [2.45, 2.75) is 38.6 Å². The zero-order valence-electron chi connectivity index (χ0n) is 25.0. The van der Waals surface area contributed by atoms with Gasteiger partial charge in [0.05, 0.1) is 11.4 Å². The third-order valence-electron chi connectivity index (χ3n) is 7.89. The van der Waals surface area contributed by atoms with Gasteiger partial charge >= 0.3 is 24.9 Å². The number of allylic oxidation sites excluding steroid dienone is 1. The number of benzene rings is 2. The number of hydrogen-bond donors (Lipinski definition) is 4. The molecule has 1 aromatic heterocycles. The maximum atomic E-state index is 13.7. The molecule has 2 heterocycles. The smallest absolute Gasteiger partial charge is 0.644 e. The van der Waals surface area contributed by atoms with E-state index in [1.807, 2.05) is 36.4 Å². The van der Waals surface area contributed by atoms with E-state index in [0.29, 0.717) is 28.8 Å². The van der Waals surface area contributed by atoms with Gasteiger partial charge in [-0.15, -0.1) is 17.3 Å². The molecule has 0 saturated heterocycles. The molecule has 2 amide bonds. The fourth-order valence-corrected chi connectivity index (χ4v) is 5.59. The van der Waals surface area contributed by atoms with Crippen molar-refractivity contribution < 1.29 is 47.5 Å². The number of fused-ring (bicyclic) bond motifs is 2. The zero-order valence-corrected chi connectivity index (χ0v) is 25.0. The summed E-state index contributed by atoms with van der Waals surface area (Å²) in [5.41, 5.74) is 8.74. The molecule has 2 aliphatic carbocycles. The third kappa shape index (κ3) is 7.03. The van der Waals surface area contributed by atoms with Gasteiger partial charge in [-0.2, -0.15) is 9.97 Å². The summed E-state index contributed by atoms with van der Waals surface area (Å²) in [7, 11) is 1.44. The minimum atomic E-state index is -0.999. The van der Waals surface area contributed by atoms with Crippen LogP contribution in [0.1, 0.15) is 44.9 Å². The molecule has 4 N–H and O–H groups in total. The van der Waals surface area contributed by atoms with E-state index in [1.165, 1.54) is 24.4 Å². The van der Waals surface area contributed by atoms with Crippen LogP contribution in [0.4, 0.5) is 15.8 Å². The maximum absolute atomic E-state index is 13.7. The van der Waals surface area contributed by atoms with Crippen molar-refractivity contribution in [3.8, 4) is 6.01 Å². The standard InChI is InChI=1S/C31H32FN7O5.Li/c1-17-13-18(7-11-22(17)32)16-33-28(40)25-15-26(36-31(35-25)44-39-27-6-4-3-5-24(27)37-38-39)29(41)34-23-12-9-19-14-20(30(42)43-2)8-10-21(19)23;/h3-8,10-11,13-15,19,21,23,30,42H,9,12,16H2,1-2H3,(H4,33,34,35,36,37,38,40,41);/q;+1/p-1/t19?,21-,23-,30-;/m0./s1. The van der Waals surface area contributed by atoms with Crippen LogP contribution in [0.5, 0.6) is 6.01 Å². The minimum absolute atomic E-state index is 0. The molecule has 0 radical (unpaired) electrons. The molecule has 1 saturated carbocycles. The Kier molecular flexibility index (Phi) is 9.86. The van der Waals surface area contributed by atoms with Crippen molar-refractivity contribution in [2.75, 3.05) is 17.7 Å². The number of nitrogens with zero attached hydrogens (tertiary/aromatic N) is 4. The summed E-state index contributed by atoms with van der Waals surface area (Å²) < 4.78 is 18.7. The topological polar surface area (TPSA) is 152 Å². The molecular weight excluding hydrogens is 576 g/mol. The summed E-state index contributed by atoms with van der Waals surface area (Å²) in [6.07, 6.45) is 6.30. The molecule has 1 fully saturated rings. The van der Waals surface area contributed by atoms with E-state index < -0.39 is 18.1 Å². The van der Waals surface area contributed by atoms with Crippen LogP contribution in [0.25, 0.3) is 5.32 Å². The predicted molar refractivity (Wildman–Crippen MR) is 159 cm³/mol. The number of aromatic nitrogens is 2. The van der Waals surface area contributed by atoms with Crippen LogP contribution in [0.2, 0.25) is 0 Å². The summed E-state index contributed by atoms with van der Waals surface area (Å²) in [6.45, 7) is 1.63. The summed E-state index contributed by atoms with van der Waals surface area (Å²) in [4.78, 5) is 41.1. The minimum Gasteiger partial charge on any atom is -0.644 e. The number of hydrogen-bond acceptors (Lipinski definition) is 10. The number of halogens is 1. The van der Waals surface area contributed by atoms with Crippen molar-refractivity contribution in [2.24, 2.45) is 11.8 Å². The number of anilines is 2. The van der Waals surface area contributed by atoms with Crippen molar-refractivity contribution in [3.63, 3.8) is 0 Å². The number of carbonyl (C=O) groups is 2. The Morgan fingerprint density at radius 3 is 2.78 bits per heavy atom. The maximum Gasteiger partial charge on any atom is 1.00 e. The SMILES string of the molecule is CO[C@H](O)C1=CC2CC[C@H](NC(=O)c3cc(C(=O)[N-]Cc4ccc(F)c(C)c4)nc(ON4NNc5ccccc54)n3)[C@H]2C=C1.[Li+]. The largest absolute Gasteiger partial charge is 1.00 e. The monoisotopic (exact) mass is 607 g/mol. The molecule has 3 aromatic rings. The van der Waals surface area contributed by atoms with E-state index >= 15 is 0 Å². The van der Waals surface area contributed by atoms with E-state index in [4.69, 9.17) is 9.57 Å². The molecule has 1 aliphatic heterocycles. The first-order valence-corrected chi connectivity index (χ1v) is 14.2. The van der Waals surface area contributed by atoms with Gasteiger partial charge in [0.25, 0.3) is 5.91 Å². The van der Waals surface area contributed by atoms with Crippen molar-refractivity contribution in [1.82, 2.24) is 20.8 Å². The molecule has 0 spiro atoms. The van der Waals surface area contributed by atoms with Gasteiger partial charge in [0.2, 0.25) is 0 Å². The number of amides is 2. The fraction of sp³-hybridized carbons (Fsp3) is 0.290. The summed E-state index contributed by atoms with van der Waals surface area (Å²) in [6, 6.07) is 12.6. The number of para-hydroxylation sites is 2. The van der Waals surface area contributed by atoms with Gasteiger partial charge in [-0.25, -0.2) is 4.39 Å². The summed E-state index contributed by atoms with van der Waals surface area (Å²) in [5, 5.41) is 18.5. The zero-order chi connectivity index (χ0) is 30.8. The van der Waals surface area contributed by atoms with Crippen LogP contribution >= 0.6 is 0 Å². The van der Waals surface area contributed by atoms with Gasteiger partial charge in [0.15, 0.2) is 6.29 Å². The first-order valence-electron chi connectivity index (χ1n) is 14.2. The van der Waals surface area contributed by atoms with Gasteiger partial charge in [0.1, 0.15) is 23.1 Å². The van der Waals surface area contributed by atoms with Crippen LogP contribution in [-0.2, 0) is 11.3 Å². The second-order valence-corrected chi connectivity index (χ2v) is 10.8. The van der Waals surface area contributed by atoms with Crippen LogP contribution in [-0.4, -0.2) is 46.3 Å². The van der Waals surface area contributed by atoms with E-state index in [9.17, 15) is 19.1 Å². The second-order valence-electron chi connectivity index (χ2n) is 10.8. The predicted octanol–water partition coefficient (Wildman–Crippen LogP) is 0.873. The van der Waals surface area contributed by atoms with Gasteiger partial charge < -0.3 is 30.1 Å². The third-order valence-corrected chi connectivity index (χ3v) is 7.89. The number of aliphatic hydroxyl groups excluding tert-OH is 1. The average molecular weight is 608 g/mol. The molecule has 2 aromatic carbocycles. The summed E-state index contributed by atoms with van der Waals surface area (Å²) >= 11 is 0. The molecule has 14 heteroatoms. The van der Waals surface area contributed by atoms with E-state index in [1.54, 1.807) is 25.1 Å². The molecule has 12 nitrogen and oxygen atoms in total. The van der Waals surface area contributed by atoms with E-state index in [0.717, 1.165) is 12.1 Å². The van der Waals surface area contributed by atoms with Gasteiger partial charge in [0, 0.05) is 24.6 Å². The number of hydrazine groups is 2. The Hall–Kier alpha value is -4.25. The normalized spacial score (nSPS) is 20.2. The van der Waals surface area contributed by atoms with Gasteiger partial charge in [-0.05, 0) is 55.5 Å². The van der Waals surface area contributed by atoms with Gasteiger partial charge in [-0.3, -0.25) is 10.2 Å². The van der Waals surface area contributed by atoms with Crippen molar-refractivity contribution in [1.29, 1.82) is 0 Å². The number of rotatable bonds is 9. The Morgan fingerprint density at radius 2 is 1.98 bits per heavy atom. The molecule has 6 rings (SSSR count). The summed E-state index contributed by atoms with van der Waals surface area (Å²) in [5.74, 6) is -1.38.